The second-order valence-electron chi connectivity index (χ2n) is 4.72. The Balaban J connectivity index is 0.00000400. The van der Waals surface area contributed by atoms with E-state index in [-0.39, 0.29) is 40.8 Å². The van der Waals surface area contributed by atoms with Gasteiger partial charge in [0.1, 0.15) is 5.76 Å². The second kappa shape index (κ2) is 7.79. The van der Waals surface area contributed by atoms with Crippen molar-refractivity contribution in [3.8, 4) is 0 Å². The number of hydrogen-bond acceptors (Lipinski definition) is 5. The second-order valence-corrected chi connectivity index (χ2v) is 6.81. The van der Waals surface area contributed by atoms with E-state index in [4.69, 9.17) is 4.42 Å². The Morgan fingerprint density at radius 1 is 1.43 bits per heavy atom. The van der Waals surface area contributed by atoms with Crippen molar-refractivity contribution in [3.63, 3.8) is 0 Å². The summed E-state index contributed by atoms with van der Waals surface area (Å²) < 4.78 is 30.1. The molecule has 1 aromatic heterocycles. The number of halogens is 1. The van der Waals surface area contributed by atoms with Crippen LogP contribution in [0.3, 0.4) is 0 Å². The summed E-state index contributed by atoms with van der Waals surface area (Å²) in [6.07, 6.45) is 0. The maximum atomic E-state index is 12.0. The van der Waals surface area contributed by atoms with Gasteiger partial charge in [0.05, 0.1) is 5.56 Å². The summed E-state index contributed by atoms with van der Waals surface area (Å²) in [5, 5.41) is 5.47. The predicted octanol–water partition coefficient (Wildman–Crippen LogP) is 0.598. The van der Waals surface area contributed by atoms with Crippen molar-refractivity contribution in [1.29, 1.82) is 0 Å². The first-order chi connectivity index (χ1) is 9.20. The minimum atomic E-state index is -3.67. The van der Waals surface area contributed by atoms with Gasteiger partial charge in [0, 0.05) is 32.7 Å². The lowest BCUT2D eigenvalue weighted by molar-refractivity contribution is 0.0949. The smallest absolute Gasteiger partial charge is 0.275 e. The molecule has 0 spiro atoms. The fourth-order valence-electron chi connectivity index (χ4n) is 1.43. The van der Waals surface area contributed by atoms with Crippen LogP contribution in [0.15, 0.2) is 15.6 Å². The van der Waals surface area contributed by atoms with Gasteiger partial charge in [0.25, 0.3) is 15.9 Å². The lowest BCUT2D eigenvalue weighted by atomic mass is 10.2. The first-order valence-corrected chi connectivity index (χ1v) is 7.62. The van der Waals surface area contributed by atoms with Gasteiger partial charge in [-0.1, -0.05) is 0 Å². The standard InChI is InChI=1S/C12H21N3O4S.ClH/c1-8(13-3)7-14-12(16)10-6-11(19-9(10)2)20(17,18)15(4)5;/h6,8,13H,7H2,1-5H3,(H,14,16);1H. The highest BCUT2D eigenvalue weighted by Gasteiger charge is 2.25. The zero-order chi connectivity index (χ0) is 15.5. The molecule has 7 nitrogen and oxygen atoms in total. The van der Waals surface area contributed by atoms with Crippen molar-refractivity contribution in [2.24, 2.45) is 0 Å². The molecule has 0 saturated carbocycles. The molecule has 0 aliphatic heterocycles. The Morgan fingerprint density at radius 3 is 2.48 bits per heavy atom. The van der Waals surface area contributed by atoms with E-state index in [0.717, 1.165) is 4.31 Å². The van der Waals surface area contributed by atoms with Crippen LogP contribution in [0.4, 0.5) is 0 Å². The van der Waals surface area contributed by atoms with Gasteiger partial charge in [-0.3, -0.25) is 4.79 Å². The van der Waals surface area contributed by atoms with E-state index < -0.39 is 10.0 Å². The zero-order valence-electron chi connectivity index (χ0n) is 12.8. The van der Waals surface area contributed by atoms with Gasteiger partial charge in [-0.05, 0) is 20.9 Å². The molecule has 1 aromatic rings. The normalized spacial score (nSPS) is 12.9. The summed E-state index contributed by atoms with van der Waals surface area (Å²) in [7, 11) is 0.928. The van der Waals surface area contributed by atoms with Crippen LogP contribution in [0.1, 0.15) is 23.0 Å². The number of amides is 1. The molecule has 0 fully saturated rings. The fourth-order valence-corrected chi connectivity index (χ4v) is 2.29. The van der Waals surface area contributed by atoms with Gasteiger partial charge in [0.15, 0.2) is 0 Å². The number of rotatable bonds is 6. The van der Waals surface area contributed by atoms with Gasteiger partial charge in [-0.25, -0.2) is 12.7 Å². The minimum absolute atomic E-state index is 0. The lowest BCUT2D eigenvalue weighted by Crippen LogP contribution is -2.37. The van der Waals surface area contributed by atoms with Crippen molar-refractivity contribution >= 4 is 28.3 Å². The lowest BCUT2D eigenvalue weighted by Gasteiger charge is -2.10. The third kappa shape index (κ3) is 4.70. The molecule has 1 atom stereocenters. The molecule has 21 heavy (non-hydrogen) atoms. The largest absolute Gasteiger partial charge is 0.448 e. The Hall–Kier alpha value is -1.09. The minimum Gasteiger partial charge on any atom is -0.448 e. The molecular formula is C12H22ClN3O4S. The van der Waals surface area contributed by atoms with Crippen LogP contribution in [0, 0.1) is 6.92 Å². The summed E-state index contributed by atoms with van der Waals surface area (Å²) in [5.74, 6) is -0.0754. The van der Waals surface area contributed by atoms with E-state index in [9.17, 15) is 13.2 Å². The van der Waals surface area contributed by atoms with Crippen LogP contribution in [-0.2, 0) is 10.0 Å². The molecule has 0 aliphatic rings. The van der Waals surface area contributed by atoms with Crippen LogP contribution < -0.4 is 10.6 Å². The Bertz CT molecular complexity index is 583. The van der Waals surface area contributed by atoms with E-state index >= 15 is 0 Å². The van der Waals surface area contributed by atoms with E-state index in [1.165, 1.54) is 20.2 Å². The molecule has 122 valence electrons. The number of nitrogens with zero attached hydrogens (tertiary/aromatic N) is 1. The maximum Gasteiger partial charge on any atom is 0.275 e. The van der Waals surface area contributed by atoms with Gasteiger partial charge >= 0.3 is 0 Å². The Labute approximate surface area is 131 Å². The molecule has 0 radical (unpaired) electrons. The first-order valence-electron chi connectivity index (χ1n) is 6.18. The van der Waals surface area contributed by atoms with Crippen LogP contribution >= 0.6 is 12.4 Å². The van der Waals surface area contributed by atoms with Gasteiger partial charge in [0.2, 0.25) is 5.09 Å². The van der Waals surface area contributed by atoms with E-state index in [0.29, 0.717) is 6.54 Å². The number of aryl methyl sites for hydroxylation is 1. The summed E-state index contributed by atoms with van der Waals surface area (Å²) in [6, 6.07) is 1.38. The molecular weight excluding hydrogens is 318 g/mol. The van der Waals surface area contributed by atoms with Crippen LogP contribution in [0.5, 0.6) is 0 Å². The monoisotopic (exact) mass is 339 g/mol. The number of sulfonamides is 1. The number of carbonyl (C=O) groups is 1. The van der Waals surface area contributed by atoms with Crippen LogP contribution in [-0.4, -0.2) is 52.4 Å². The Kier molecular flexibility index (Phi) is 7.38. The number of likely N-dealkylation sites (N-methyl/N-ethyl adjacent to an activating group) is 1. The molecule has 1 rings (SSSR count). The average Bonchev–Trinajstić information content (AvgIpc) is 2.78. The molecule has 1 unspecified atom stereocenters. The van der Waals surface area contributed by atoms with Gasteiger partial charge < -0.3 is 15.1 Å². The average molecular weight is 340 g/mol. The van der Waals surface area contributed by atoms with Crippen molar-refractivity contribution in [2.45, 2.75) is 25.0 Å². The third-order valence-corrected chi connectivity index (χ3v) is 4.61. The molecule has 9 heteroatoms. The molecule has 0 aliphatic carbocycles. The van der Waals surface area contributed by atoms with Crippen molar-refractivity contribution < 1.29 is 17.6 Å². The predicted molar refractivity (Wildman–Crippen MR) is 82.4 cm³/mol. The SMILES string of the molecule is CNC(C)CNC(=O)c1cc(S(=O)(=O)N(C)C)oc1C.Cl. The zero-order valence-corrected chi connectivity index (χ0v) is 14.4. The van der Waals surface area contributed by atoms with Crippen molar-refractivity contribution in [2.75, 3.05) is 27.7 Å². The van der Waals surface area contributed by atoms with Crippen LogP contribution in [0.25, 0.3) is 0 Å². The van der Waals surface area contributed by atoms with Crippen molar-refractivity contribution in [1.82, 2.24) is 14.9 Å². The molecule has 2 N–H and O–H groups in total. The molecule has 0 saturated heterocycles. The summed E-state index contributed by atoms with van der Waals surface area (Å²) in [4.78, 5) is 12.0. The molecule has 1 heterocycles. The highest BCUT2D eigenvalue weighted by atomic mass is 35.5. The number of carbonyl (C=O) groups excluding carboxylic acids is 1. The fraction of sp³-hybridized carbons (Fsp3) is 0.583. The van der Waals surface area contributed by atoms with Crippen LogP contribution in [0.2, 0.25) is 0 Å². The van der Waals surface area contributed by atoms with E-state index in [2.05, 4.69) is 10.6 Å². The highest BCUT2D eigenvalue weighted by Crippen LogP contribution is 2.21. The van der Waals surface area contributed by atoms with Gasteiger partial charge in [-0.15, -0.1) is 12.4 Å². The van der Waals surface area contributed by atoms with E-state index in [1.54, 1.807) is 14.0 Å². The van der Waals surface area contributed by atoms with Gasteiger partial charge in [-0.2, -0.15) is 0 Å². The quantitative estimate of drug-likeness (QED) is 0.791. The first kappa shape index (κ1) is 19.9. The molecule has 0 bridgehead atoms. The maximum absolute atomic E-state index is 12.0. The summed E-state index contributed by atoms with van der Waals surface area (Å²) in [6.45, 7) is 3.92. The topological polar surface area (TPSA) is 91.6 Å². The van der Waals surface area contributed by atoms with E-state index in [1.807, 2.05) is 6.92 Å². The number of hydrogen-bond donors (Lipinski definition) is 2. The molecule has 1 amide bonds. The summed E-state index contributed by atoms with van der Waals surface area (Å²) >= 11 is 0. The molecule has 0 aromatic carbocycles. The number of furan rings is 1. The highest BCUT2D eigenvalue weighted by molar-refractivity contribution is 7.88. The third-order valence-electron chi connectivity index (χ3n) is 2.94. The summed E-state index contributed by atoms with van der Waals surface area (Å²) in [5.41, 5.74) is 0.230. The Morgan fingerprint density at radius 2 is 2.00 bits per heavy atom. The van der Waals surface area contributed by atoms with Crippen molar-refractivity contribution in [3.05, 3.63) is 17.4 Å². The number of nitrogens with one attached hydrogen (secondary N) is 2.